The summed E-state index contributed by atoms with van der Waals surface area (Å²) in [5.74, 6) is -2.55. The summed E-state index contributed by atoms with van der Waals surface area (Å²) in [6.45, 7) is 0.299. The molecule has 0 spiro atoms. The number of nitrogens with two attached hydrogens (primary N) is 1. The maximum Gasteiger partial charge on any atom is 0.405 e. The first-order chi connectivity index (χ1) is 9.17. The number of aromatic carboxylic acids is 1. The van der Waals surface area contributed by atoms with Gasteiger partial charge in [-0.25, -0.2) is 9.18 Å². The van der Waals surface area contributed by atoms with Gasteiger partial charge in [-0.15, -0.1) is 0 Å². The molecule has 0 atom stereocenters. The van der Waals surface area contributed by atoms with Gasteiger partial charge in [0.2, 0.25) is 0 Å². The average molecular weight is 294 g/mol. The highest BCUT2D eigenvalue weighted by molar-refractivity contribution is 6.00. The number of carboxylic acids is 1. The highest BCUT2D eigenvalue weighted by atomic mass is 19.4. The Morgan fingerprint density at radius 2 is 2.00 bits per heavy atom. The Balaban J connectivity index is 3.33. The topological polar surface area (TPSA) is 66.6 Å². The van der Waals surface area contributed by atoms with Crippen molar-refractivity contribution in [2.45, 2.75) is 19.5 Å². The summed E-state index contributed by atoms with van der Waals surface area (Å²) < 4.78 is 50.9. The molecule has 4 nitrogen and oxygen atoms in total. The maximum absolute atomic E-state index is 13.3. The molecule has 8 heteroatoms. The Kier molecular flexibility index (Phi) is 4.80. The van der Waals surface area contributed by atoms with Gasteiger partial charge in [0.05, 0.1) is 11.4 Å². The van der Waals surface area contributed by atoms with E-state index in [1.54, 1.807) is 6.92 Å². The lowest BCUT2D eigenvalue weighted by molar-refractivity contribution is -0.119. The van der Waals surface area contributed by atoms with Crippen LogP contribution in [-0.4, -0.2) is 30.3 Å². The largest absolute Gasteiger partial charge is 0.478 e. The van der Waals surface area contributed by atoms with Crippen LogP contribution in [0.3, 0.4) is 0 Å². The molecule has 0 aliphatic carbocycles. The smallest absolute Gasteiger partial charge is 0.405 e. The lowest BCUT2D eigenvalue weighted by Gasteiger charge is -2.27. The van der Waals surface area contributed by atoms with Crippen molar-refractivity contribution in [3.8, 4) is 0 Å². The molecule has 0 fully saturated rings. The first-order valence-corrected chi connectivity index (χ1v) is 5.80. The molecule has 0 heterocycles. The van der Waals surface area contributed by atoms with Gasteiger partial charge in [-0.1, -0.05) is 6.92 Å². The minimum atomic E-state index is -4.51. The van der Waals surface area contributed by atoms with Crippen LogP contribution in [-0.2, 0) is 0 Å². The van der Waals surface area contributed by atoms with Crippen molar-refractivity contribution in [1.82, 2.24) is 0 Å². The highest BCUT2D eigenvalue weighted by Gasteiger charge is 2.32. The van der Waals surface area contributed by atoms with Crippen molar-refractivity contribution in [3.05, 3.63) is 23.5 Å². The van der Waals surface area contributed by atoms with E-state index in [0.717, 1.165) is 17.0 Å². The van der Waals surface area contributed by atoms with Gasteiger partial charge >= 0.3 is 12.1 Å². The fourth-order valence-corrected chi connectivity index (χ4v) is 1.84. The maximum atomic E-state index is 13.3. The number of benzene rings is 1. The molecule has 1 aromatic carbocycles. The van der Waals surface area contributed by atoms with Gasteiger partial charge in [-0.2, -0.15) is 13.2 Å². The number of hydrogen-bond donors (Lipinski definition) is 2. The van der Waals surface area contributed by atoms with Gasteiger partial charge in [-0.05, 0) is 18.6 Å². The van der Waals surface area contributed by atoms with Gasteiger partial charge in [0.25, 0.3) is 0 Å². The van der Waals surface area contributed by atoms with Crippen LogP contribution in [0.5, 0.6) is 0 Å². The van der Waals surface area contributed by atoms with E-state index in [0.29, 0.717) is 6.42 Å². The van der Waals surface area contributed by atoms with E-state index in [2.05, 4.69) is 0 Å². The number of carbonyl (C=O) groups is 1. The van der Waals surface area contributed by atoms with Crippen LogP contribution in [0.25, 0.3) is 0 Å². The molecule has 3 N–H and O–H groups in total. The monoisotopic (exact) mass is 294 g/mol. The fraction of sp³-hybridized carbons (Fsp3) is 0.417. The minimum Gasteiger partial charge on any atom is -0.478 e. The van der Waals surface area contributed by atoms with Gasteiger partial charge in [0.1, 0.15) is 17.9 Å². The second-order valence-electron chi connectivity index (χ2n) is 4.20. The molecule has 0 saturated heterocycles. The van der Waals surface area contributed by atoms with Crippen LogP contribution in [0.15, 0.2) is 12.1 Å². The second kappa shape index (κ2) is 5.98. The number of carboxylic acid groups (broad SMARTS) is 1. The van der Waals surface area contributed by atoms with E-state index in [9.17, 15) is 22.4 Å². The van der Waals surface area contributed by atoms with E-state index >= 15 is 0 Å². The zero-order valence-electron chi connectivity index (χ0n) is 10.7. The average Bonchev–Trinajstić information content (AvgIpc) is 2.29. The zero-order valence-corrected chi connectivity index (χ0v) is 10.7. The summed E-state index contributed by atoms with van der Waals surface area (Å²) >= 11 is 0. The first kappa shape index (κ1) is 16.1. The molecule has 1 aromatic rings. The molecule has 0 amide bonds. The standard InChI is InChI=1S/C12H14F4N2O2/c1-2-5-18(6-12(14,15)16)8-4-3-7(13)10(17)9(8)11(19)20/h3-4H,2,5-6,17H2,1H3,(H,19,20). The molecule has 0 bridgehead atoms. The molecule has 0 aromatic heterocycles. The highest BCUT2D eigenvalue weighted by Crippen LogP contribution is 2.30. The lowest BCUT2D eigenvalue weighted by atomic mass is 10.1. The molecular formula is C12H14F4N2O2. The first-order valence-electron chi connectivity index (χ1n) is 5.80. The van der Waals surface area contributed by atoms with Crippen LogP contribution >= 0.6 is 0 Å². The summed E-state index contributed by atoms with van der Waals surface area (Å²) in [5, 5.41) is 9.03. The molecule has 0 aliphatic rings. The zero-order chi connectivity index (χ0) is 15.5. The van der Waals surface area contributed by atoms with Crippen molar-refractivity contribution in [2.75, 3.05) is 23.7 Å². The normalized spacial score (nSPS) is 11.4. The molecule has 0 unspecified atom stereocenters. The van der Waals surface area contributed by atoms with E-state index in [1.165, 1.54) is 0 Å². The van der Waals surface area contributed by atoms with Crippen LogP contribution in [0.4, 0.5) is 28.9 Å². The summed E-state index contributed by atoms with van der Waals surface area (Å²) in [6, 6.07) is 1.85. The van der Waals surface area contributed by atoms with E-state index < -0.39 is 35.8 Å². The Hall–Kier alpha value is -1.99. The third-order valence-electron chi connectivity index (χ3n) is 2.59. The number of anilines is 2. The predicted octanol–water partition coefficient (Wildman–Crippen LogP) is 2.88. The molecule has 0 aliphatic heterocycles. The Bertz CT molecular complexity index is 503. The number of nitrogen functional groups attached to an aromatic ring is 1. The molecule has 0 saturated carbocycles. The third-order valence-corrected chi connectivity index (χ3v) is 2.59. The summed E-state index contributed by atoms with van der Waals surface area (Å²) in [4.78, 5) is 11.9. The Morgan fingerprint density at radius 1 is 1.40 bits per heavy atom. The summed E-state index contributed by atoms with van der Waals surface area (Å²) in [7, 11) is 0. The summed E-state index contributed by atoms with van der Waals surface area (Å²) in [6.07, 6.45) is -4.14. The SMILES string of the molecule is CCCN(CC(F)(F)F)c1ccc(F)c(N)c1C(=O)O. The molecule has 112 valence electrons. The predicted molar refractivity (Wildman–Crippen MR) is 66.3 cm³/mol. The molecule has 20 heavy (non-hydrogen) atoms. The van der Waals surface area contributed by atoms with Crippen LogP contribution in [0.2, 0.25) is 0 Å². The van der Waals surface area contributed by atoms with Gasteiger partial charge in [0.15, 0.2) is 0 Å². The van der Waals surface area contributed by atoms with Crippen molar-refractivity contribution < 1.29 is 27.5 Å². The molecular weight excluding hydrogens is 280 g/mol. The number of alkyl halides is 3. The van der Waals surface area contributed by atoms with Crippen LogP contribution < -0.4 is 10.6 Å². The lowest BCUT2D eigenvalue weighted by Crippen LogP contribution is -2.36. The Morgan fingerprint density at radius 3 is 2.45 bits per heavy atom. The van der Waals surface area contributed by atoms with Crippen molar-refractivity contribution in [1.29, 1.82) is 0 Å². The molecule has 1 rings (SSSR count). The van der Waals surface area contributed by atoms with Crippen molar-refractivity contribution in [2.24, 2.45) is 0 Å². The Labute approximate surface area is 112 Å². The van der Waals surface area contributed by atoms with Gasteiger partial charge in [0, 0.05) is 6.54 Å². The number of nitrogens with zero attached hydrogens (tertiary/aromatic N) is 1. The molecule has 0 radical (unpaired) electrons. The van der Waals surface area contributed by atoms with Gasteiger partial charge in [-0.3, -0.25) is 0 Å². The second-order valence-corrected chi connectivity index (χ2v) is 4.20. The third kappa shape index (κ3) is 3.75. The summed E-state index contributed by atoms with van der Waals surface area (Å²) in [5.41, 5.74) is 3.76. The number of rotatable bonds is 5. The quantitative estimate of drug-likeness (QED) is 0.647. The minimum absolute atomic E-state index is 0.0230. The fourth-order valence-electron chi connectivity index (χ4n) is 1.84. The van der Waals surface area contributed by atoms with E-state index in [1.807, 2.05) is 0 Å². The van der Waals surface area contributed by atoms with Gasteiger partial charge < -0.3 is 15.7 Å². The van der Waals surface area contributed by atoms with E-state index in [-0.39, 0.29) is 12.2 Å². The van der Waals surface area contributed by atoms with E-state index in [4.69, 9.17) is 10.8 Å². The van der Waals surface area contributed by atoms with Crippen LogP contribution in [0.1, 0.15) is 23.7 Å². The number of hydrogen-bond acceptors (Lipinski definition) is 3. The van der Waals surface area contributed by atoms with Crippen molar-refractivity contribution >= 4 is 17.3 Å². The van der Waals surface area contributed by atoms with Crippen molar-refractivity contribution in [3.63, 3.8) is 0 Å². The number of halogens is 4. The van der Waals surface area contributed by atoms with Crippen LogP contribution in [0, 0.1) is 5.82 Å².